The van der Waals surface area contributed by atoms with Crippen molar-refractivity contribution in [1.82, 2.24) is 5.32 Å². The second-order valence-electron chi connectivity index (χ2n) is 3.80. The van der Waals surface area contributed by atoms with Gasteiger partial charge in [0.05, 0.1) is 6.10 Å². The standard InChI is InChI=1S/C8H12F3NO/c9-8(10,11)4-13-7-5-1-6(7)3-12-2-5/h5-7,12H,1-4H2/t5-,6+,7?. The van der Waals surface area contributed by atoms with Crippen molar-refractivity contribution in [2.75, 3.05) is 19.7 Å². The zero-order chi connectivity index (χ0) is 9.47. The lowest BCUT2D eigenvalue weighted by Gasteiger charge is -2.49. The summed E-state index contributed by atoms with van der Waals surface area (Å²) in [5.41, 5.74) is 0. The van der Waals surface area contributed by atoms with E-state index in [4.69, 9.17) is 4.74 Å². The molecule has 0 radical (unpaired) electrons. The number of piperidine rings is 2. The molecule has 3 fully saturated rings. The Kier molecular flexibility index (Phi) is 2.23. The Bertz CT molecular complexity index is 180. The van der Waals surface area contributed by atoms with Crippen LogP contribution < -0.4 is 5.32 Å². The lowest BCUT2D eigenvalue weighted by molar-refractivity contribution is -0.216. The van der Waals surface area contributed by atoms with Crippen molar-refractivity contribution < 1.29 is 17.9 Å². The fourth-order valence-corrected chi connectivity index (χ4v) is 2.16. The molecule has 3 aliphatic rings. The van der Waals surface area contributed by atoms with Gasteiger partial charge >= 0.3 is 6.18 Å². The van der Waals surface area contributed by atoms with E-state index >= 15 is 0 Å². The molecule has 76 valence electrons. The average Bonchev–Trinajstić information content (AvgIpc) is 2.03. The predicted molar refractivity (Wildman–Crippen MR) is 40.3 cm³/mol. The fourth-order valence-electron chi connectivity index (χ4n) is 2.16. The van der Waals surface area contributed by atoms with Crippen LogP contribution in [0.5, 0.6) is 0 Å². The number of hydrogen-bond donors (Lipinski definition) is 1. The second kappa shape index (κ2) is 3.13. The van der Waals surface area contributed by atoms with E-state index in [0.717, 1.165) is 19.5 Å². The average molecular weight is 195 g/mol. The van der Waals surface area contributed by atoms with E-state index in [1.54, 1.807) is 0 Å². The normalized spacial score (nSPS) is 38.5. The highest BCUT2D eigenvalue weighted by atomic mass is 19.4. The third kappa shape index (κ3) is 1.96. The maximum Gasteiger partial charge on any atom is 0.411 e. The molecule has 2 nitrogen and oxygen atoms in total. The molecule has 2 bridgehead atoms. The van der Waals surface area contributed by atoms with Crippen LogP contribution in [0.25, 0.3) is 0 Å². The highest BCUT2D eigenvalue weighted by Gasteiger charge is 2.46. The lowest BCUT2D eigenvalue weighted by atomic mass is 9.69. The summed E-state index contributed by atoms with van der Waals surface area (Å²) in [6, 6.07) is 0. The number of hydrogen-bond acceptors (Lipinski definition) is 2. The third-order valence-electron chi connectivity index (χ3n) is 2.79. The van der Waals surface area contributed by atoms with Gasteiger partial charge in [-0.1, -0.05) is 0 Å². The van der Waals surface area contributed by atoms with Gasteiger partial charge < -0.3 is 10.1 Å². The van der Waals surface area contributed by atoms with Gasteiger partial charge in [0.25, 0.3) is 0 Å². The Labute approximate surface area is 74.4 Å². The molecule has 13 heavy (non-hydrogen) atoms. The lowest BCUT2D eigenvalue weighted by Crippen LogP contribution is -2.58. The molecule has 1 N–H and O–H groups in total. The van der Waals surface area contributed by atoms with Gasteiger partial charge in [-0.15, -0.1) is 0 Å². The Balaban J connectivity index is 1.77. The van der Waals surface area contributed by atoms with Crippen molar-refractivity contribution in [3.8, 4) is 0 Å². The van der Waals surface area contributed by atoms with Crippen LogP contribution in [0.2, 0.25) is 0 Å². The first-order valence-electron chi connectivity index (χ1n) is 4.45. The number of halogens is 3. The molecule has 0 aromatic heterocycles. The summed E-state index contributed by atoms with van der Waals surface area (Å²) in [6.07, 6.45) is -3.31. The van der Waals surface area contributed by atoms with Crippen molar-refractivity contribution in [2.24, 2.45) is 11.8 Å². The Morgan fingerprint density at radius 2 is 1.85 bits per heavy atom. The summed E-state index contributed by atoms with van der Waals surface area (Å²) >= 11 is 0. The highest BCUT2D eigenvalue weighted by Crippen LogP contribution is 2.39. The largest absolute Gasteiger partial charge is 0.411 e. The van der Waals surface area contributed by atoms with Gasteiger partial charge in [0.1, 0.15) is 6.61 Å². The predicted octanol–water partition coefficient (Wildman–Crippen LogP) is 1.17. The van der Waals surface area contributed by atoms with E-state index in [9.17, 15) is 13.2 Å². The van der Waals surface area contributed by atoms with E-state index in [1.165, 1.54) is 0 Å². The highest BCUT2D eigenvalue weighted by molar-refractivity contribution is 4.97. The molecule has 1 unspecified atom stereocenters. The summed E-state index contributed by atoms with van der Waals surface area (Å²) in [4.78, 5) is 0. The molecule has 2 heterocycles. The molecule has 0 aromatic carbocycles. The quantitative estimate of drug-likeness (QED) is 0.714. The maximum atomic E-state index is 11.8. The van der Waals surface area contributed by atoms with Crippen molar-refractivity contribution in [1.29, 1.82) is 0 Å². The molecule has 1 saturated carbocycles. The van der Waals surface area contributed by atoms with E-state index in [0.29, 0.717) is 11.8 Å². The van der Waals surface area contributed by atoms with Gasteiger partial charge in [-0.25, -0.2) is 0 Å². The fraction of sp³-hybridized carbons (Fsp3) is 1.00. The first kappa shape index (κ1) is 9.27. The topological polar surface area (TPSA) is 21.3 Å². The van der Waals surface area contributed by atoms with Crippen LogP contribution in [-0.2, 0) is 4.74 Å². The van der Waals surface area contributed by atoms with Crippen molar-refractivity contribution in [2.45, 2.75) is 18.7 Å². The molecular formula is C8H12F3NO. The van der Waals surface area contributed by atoms with Gasteiger partial charge in [-0.2, -0.15) is 13.2 Å². The first-order chi connectivity index (χ1) is 6.06. The smallest absolute Gasteiger partial charge is 0.368 e. The zero-order valence-corrected chi connectivity index (χ0v) is 7.10. The van der Waals surface area contributed by atoms with E-state index < -0.39 is 12.8 Å². The third-order valence-corrected chi connectivity index (χ3v) is 2.79. The second-order valence-corrected chi connectivity index (χ2v) is 3.80. The number of fused-ring (bicyclic) bond motifs is 2. The molecule has 0 aromatic rings. The monoisotopic (exact) mass is 195 g/mol. The van der Waals surface area contributed by atoms with Crippen LogP contribution >= 0.6 is 0 Å². The van der Waals surface area contributed by atoms with Gasteiger partial charge in [-0.3, -0.25) is 0 Å². The van der Waals surface area contributed by atoms with Crippen LogP contribution in [0, 0.1) is 11.8 Å². The van der Waals surface area contributed by atoms with E-state index in [-0.39, 0.29) is 6.10 Å². The zero-order valence-electron chi connectivity index (χ0n) is 7.10. The van der Waals surface area contributed by atoms with Gasteiger partial charge in [0.15, 0.2) is 0 Å². The molecule has 2 aliphatic heterocycles. The van der Waals surface area contributed by atoms with Gasteiger partial charge in [-0.05, 0) is 18.3 Å². The summed E-state index contributed by atoms with van der Waals surface area (Å²) < 4.78 is 40.3. The van der Waals surface area contributed by atoms with Crippen LogP contribution in [0.3, 0.4) is 0 Å². The Morgan fingerprint density at radius 3 is 2.31 bits per heavy atom. The van der Waals surface area contributed by atoms with Gasteiger partial charge in [0, 0.05) is 13.1 Å². The summed E-state index contributed by atoms with van der Waals surface area (Å²) in [6.45, 7) is 0.517. The molecule has 3 atom stereocenters. The first-order valence-corrected chi connectivity index (χ1v) is 4.45. The molecular weight excluding hydrogens is 183 g/mol. The number of ether oxygens (including phenoxy) is 1. The van der Waals surface area contributed by atoms with Crippen LogP contribution in [0.1, 0.15) is 6.42 Å². The summed E-state index contributed by atoms with van der Waals surface area (Å²) in [7, 11) is 0. The van der Waals surface area contributed by atoms with E-state index in [1.807, 2.05) is 0 Å². The molecule has 2 saturated heterocycles. The Hall–Kier alpha value is -0.290. The molecule has 0 amide bonds. The molecule has 0 spiro atoms. The van der Waals surface area contributed by atoms with E-state index in [2.05, 4.69) is 5.32 Å². The van der Waals surface area contributed by atoms with Crippen LogP contribution in [0.15, 0.2) is 0 Å². The van der Waals surface area contributed by atoms with Crippen LogP contribution in [0.4, 0.5) is 13.2 Å². The molecule has 5 heteroatoms. The SMILES string of the molecule is FC(F)(F)COC1[C@@H]2CNC[C@H]1C2. The minimum Gasteiger partial charge on any atom is -0.368 e. The molecule has 1 aliphatic carbocycles. The molecule has 3 rings (SSSR count). The minimum atomic E-state index is -4.18. The number of rotatable bonds is 2. The minimum absolute atomic E-state index is 0.150. The van der Waals surface area contributed by atoms with Gasteiger partial charge in [0.2, 0.25) is 0 Å². The summed E-state index contributed by atoms with van der Waals surface area (Å²) in [5, 5.41) is 3.15. The summed E-state index contributed by atoms with van der Waals surface area (Å²) in [5.74, 6) is 0.613. The van der Waals surface area contributed by atoms with Crippen molar-refractivity contribution in [3.63, 3.8) is 0 Å². The van der Waals surface area contributed by atoms with Crippen molar-refractivity contribution in [3.05, 3.63) is 0 Å². The van der Waals surface area contributed by atoms with Crippen LogP contribution in [-0.4, -0.2) is 32.0 Å². The van der Waals surface area contributed by atoms with Crippen molar-refractivity contribution >= 4 is 0 Å². The Morgan fingerprint density at radius 1 is 1.23 bits per heavy atom. The number of alkyl halides is 3. The number of nitrogens with one attached hydrogen (secondary N) is 1. The maximum absolute atomic E-state index is 11.8.